The molecule has 2 N–H and O–H groups in total. The molecule has 0 heterocycles. The van der Waals surface area contributed by atoms with E-state index >= 15 is 0 Å². The van der Waals surface area contributed by atoms with Gasteiger partial charge in [0.15, 0.2) is 0 Å². The fourth-order valence-corrected chi connectivity index (χ4v) is 1.16. The van der Waals surface area contributed by atoms with E-state index in [-0.39, 0.29) is 11.7 Å². The first kappa shape index (κ1) is 12.3. The second-order valence-electron chi connectivity index (χ2n) is 3.58. The minimum Gasteiger partial charge on any atom is -0.508 e. The van der Waals surface area contributed by atoms with Crippen LogP contribution < -0.4 is 5.06 Å². The largest absolute Gasteiger partial charge is 0.508 e. The van der Waals surface area contributed by atoms with Crippen LogP contribution in [0.15, 0.2) is 24.3 Å². The standard InChI is InChI=1S/C11H16N2O3/c1-9(14)12(2)7-8-13(16)10-3-5-11(15)6-4-10/h3-6,15-16H,7-8H2,1-2H3. The van der Waals surface area contributed by atoms with Crippen LogP contribution in [0.25, 0.3) is 0 Å². The van der Waals surface area contributed by atoms with Gasteiger partial charge in [0.1, 0.15) is 5.75 Å². The molecular weight excluding hydrogens is 208 g/mol. The van der Waals surface area contributed by atoms with Crippen molar-refractivity contribution in [2.24, 2.45) is 0 Å². The number of anilines is 1. The maximum Gasteiger partial charge on any atom is 0.219 e. The normalized spacial score (nSPS) is 9.94. The number of carbonyl (C=O) groups is 1. The molecule has 0 radical (unpaired) electrons. The Hall–Kier alpha value is -1.75. The number of hydrogen-bond acceptors (Lipinski definition) is 4. The van der Waals surface area contributed by atoms with E-state index in [1.54, 1.807) is 19.2 Å². The van der Waals surface area contributed by atoms with Crippen LogP contribution in [0.2, 0.25) is 0 Å². The van der Waals surface area contributed by atoms with Gasteiger partial charge in [-0.1, -0.05) is 0 Å². The molecule has 0 aliphatic rings. The van der Waals surface area contributed by atoms with Crippen molar-refractivity contribution in [3.63, 3.8) is 0 Å². The first-order valence-electron chi connectivity index (χ1n) is 4.98. The number of amides is 1. The summed E-state index contributed by atoms with van der Waals surface area (Å²) in [5.41, 5.74) is 0.578. The third-order valence-electron chi connectivity index (χ3n) is 2.33. The molecule has 0 atom stereocenters. The molecule has 0 saturated carbocycles. The molecule has 1 amide bonds. The van der Waals surface area contributed by atoms with Gasteiger partial charge in [-0.05, 0) is 24.3 Å². The van der Waals surface area contributed by atoms with Gasteiger partial charge in [-0.25, -0.2) is 0 Å². The smallest absolute Gasteiger partial charge is 0.219 e. The minimum atomic E-state index is -0.0425. The lowest BCUT2D eigenvalue weighted by Gasteiger charge is -2.21. The Labute approximate surface area is 94.5 Å². The lowest BCUT2D eigenvalue weighted by atomic mass is 10.3. The van der Waals surface area contributed by atoms with Crippen LogP contribution in [0.5, 0.6) is 5.75 Å². The third kappa shape index (κ3) is 3.43. The molecule has 0 aliphatic carbocycles. The van der Waals surface area contributed by atoms with Gasteiger partial charge in [-0.2, -0.15) is 0 Å². The summed E-state index contributed by atoms with van der Waals surface area (Å²) in [4.78, 5) is 12.4. The fraction of sp³-hybridized carbons (Fsp3) is 0.364. The summed E-state index contributed by atoms with van der Waals surface area (Å²) in [6, 6.07) is 6.19. The number of likely N-dealkylation sites (N-methyl/N-ethyl adjacent to an activating group) is 1. The average Bonchev–Trinajstić information content (AvgIpc) is 2.26. The predicted octanol–water partition coefficient (Wildman–Crippen LogP) is 1.07. The summed E-state index contributed by atoms with van der Waals surface area (Å²) in [6.45, 7) is 2.23. The third-order valence-corrected chi connectivity index (χ3v) is 2.33. The zero-order chi connectivity index (χ0) is 12.1. The van der Waals surface area contributed by atoms with Crippen LogP contribution in [-0.4, -0.2) is 41.3 Å². The average molecular weight is 224 g/mol. The van der Waals surface area contributed by atoms with Crippen molar-refractivity contribution in [1.29, 1.82) is 0 Å². The first-order valence-corrected chi connectivity index (χ1v) is 4.98. The summed E-state index contributed by atoms with van der Waals surface area (Å²) in [7, 11) is 1.67. The summed E-state index contributed by atoms with van der Waals surface area (Å²) in [5, 5.41) is 19.8. The number of phenols is 1. The highest BCUT2D eigenvalue weighted by Crippen LogP contribution is 2.16. The van der Waals surface area contributed by atoms with Gasteiger partial charge in [-0.15, -0.1) is 0 Å². The molecule has 5 heteroatoms. The Morgan fingerprint density at radius 2 is 1.81 bits per heavy atom. The van der Waals surface area contributed by atoms with E-state index in [4.69, 9.17) is 5.11 Å². The molecule has 0 aromatic heterocycles. The Morgan fingerprint density at radius 1 is 1.25 bits per heavy atom. The Balaban J connectivity index is 2.49. The number of carbonyl (C=O) groups excluding carboxylic acids is 1. The van der Waals surface area contributed by atoms with Crippen LogP contribution in [-0.2, 0) is 4.79 Å². The Bertz CT molecular complexity index is 351. The van der Waals surface area contributed by atoms with Gasteiger partial charge in [0.25, 0.3) is 0 Å². The van der Waals surface area contributed by atoms with Gasteiger partial charge in [0, 0.05) is 20.5 Å². The van der Waals surface area contributed by atoms with Crippen molar-refractivity contribution in [1.82, 2.24) is 4.90 Å². The Kier molecular flexibility index (Phi) is 4.13. The number of nitrogens with zero attached hydrogens (tertiary/aromatic N) is 2. The summed E-state index contributed by atoms with van der Waals surface area (Å²) in [5.74, 6) is 0.108. The molecule has 5 nitrogen and oxygen atoms in total. The van der Waals surface area contributed by atoms with Gasteiger partial charge >= 0.3 is 0 Å². The molecule has 1 aromatic carbocycles. The number of rotatable bonds is 4. The maximum absolute atomic E-state index is 10.9. The van der Waals surface area contributed by atoms with Crippen molar-refractivity contribution < 1.29 is 15.1 Å². The number of hydrogen-bond donors (Lipinski definition) is 2. The molecule has 1 rings (SSSR count). The van der Waals surface area contributed by atoms with Crippen LogP contribution in [0.4, 0.5) is 5.69 Å². The van der Waals surface area contributed by atoms with E-state index in [9.17, 15) is 10.0 Å². The molecule has 88 valence electrons. The van der Waals surface area contributed by atoms with E-state index in [0.29, 0.717) is 18.8 Å². The monoisotopic (exact) mass is 224 g/mol. The van der Waals surface area contributed by atoms with Gasteiger partial charge in [0.2, 0.25) is 5.91 Å². The highest BCUT2D eigenvalue weighted by molar-refractivity contribution is 5.72. The highest BCUT2D eigenvalue weighted by atomic mass is 16.5. The van der Waals surface area contributed by atoms with E-state index < -0.39 is 0 Å². The predicted molar refractivity (Wildman–Crippen MR) is 60.6 cm³/mol. The first-order chi connectivity index (χ1) is 7.50. The minimum absolute atomic E-state index is 0.0425. The molecule has 16 heavy (non-hydrogen) atoms. The molecular formula is C11H16N2O3. The van der Waals surface area contributed by atoms with E-state index in [1.807, 2.05) is 0 Å². The van der Waals surface area contributed by atoms with Crippen LogP contribution >= 0.6 is 0 Å². The number of aromatic hydroxyl groups is 1. The summed E-state index contributed by atoms with van der Waals surface area (Å²) < 4.78 is 0. The zero-order valence-corrected chi connectivity index (χ0v) is 9.42. The topological polar surface area (TPSA) is 64.0 Å². The van der Waals surface area contributed by atoms with Crippen LogP contribution in [0, 0.1) is 0 Å². The summed E-state index contributed by atoms with van der Waals surface area (Å²) >= 11 is 0. The second-order valence-corrected chi connectivity index (χ2v) is 3.58. The summed E-state index contributed by atoms with van der Waals surface area (Å²) in [6.07, 6.45) is 0. The van der Waals surface area contributed by atoms with E-state index in [0.717, 1.165) is 5.06 Å². The fourth-order valence-electron chi connectivity index (χ4n) is 1.16. The lowest BCUT2D eigenvalue weighted by Crippen LogP contribution is -2.33. The molecule has 0 unspecified atom stereocenters. The van der Waals surface area contributed by atoms with Crippen molar-refractivity contribution >= 4 is 11.6 Å². The SMILES string of the molecule is CC(=O)N(C)CCN(O)c1ccc(O)cc1. The molecule has 0 bridgehead atoms. The molecule has 0 fully saturated rings. The van der Waals surface area contributed by atoms with Crippen LogP contribution in [0.3, 0.4) is 0 Å². The Morgan fingerprint density at radius 3 is 2.31 bits per heavy atom. The molecule has 0 saturated heterocycles. The van der Waals surface area contributed by atoms with Crippen molar-refractivity contribution in [3.8, 4) is 5.75 Å². The quantitative estimate of drug-likeness (QED) is 0.751. The zero-order valence-electron chi connectivity index (χ0n) is 9.42. The van der Waals surface area contributed by atoms with E-state index in [1.165, 1.54) is 24.0 Å². The van der Waals surface area contributed by atoms with Gasteiger partial charge in [0.05, 0.1) is 12.2 Å². The van der Waals surface area contributed by atoms with E-state index in [2.05, 4.69) is 0 Å². The number of hydroxylamine groups is 1. The number of phenolic OH excluding ortho intramolecular Hbond substituents is 1. The molecule has 0 aliphatic heterocycles. The molecule has 1 aromatic rings. The highest BCUT2D eigenvalue weighted by Gasteiger charge is 2.06. The lowest BCUT2D eigenvalue weighted by molar-refractivity contribution is -0.127. The van der Waals surface area contributed by atoms with Gasteiger partial charge < -0.3 is 10.0 Å². The number of benzene rings is 1. The second kappa shape index (κ2) is 5.37. The molecule has 0 spiro atoms. The van der Waals surface area contributed by atoms with Crippen molar-refractivity contribution in [2.75, 3.05) is 25.2 Å². The van der Waals surface area contributed by atoms with Crippen LogP contribution in [0.1, 0.15) is 6.92 Å². The van der Waals surface area contributed by atoms with Gasteiger partial charge in [-0.3, -0.25) is 15.1 Å². The van der Waals surface area contributed by atoms with Crippen molar-refractivity contribution in [3.05, 3.63) is 24.3 Å². The maximum atomic E-state index is 10.9. The van der Waals surface area contributed by atoms with Crippen molar-refractivity contribution in [2.45, 2.75) is 6.92 Å².